The van der Waals surface area contributed by atoms with Gasteiger partial charge >= 0.3 is 93.4 Å². The molecule has 0 aromatic rings. The molecule has 0 fully saturated rings. The molecular weight excluding hydrogens is 416 g/mol. The average molecular weight is 443 g/mol. The van der Waals surface area contributed by atoms with Crippen molar-refractivity contribution >= 4 is 8.92 Å². The summed E-state index contributed by atoms with van der Waals surface area (Å²) >= 11 is -0.277. The van der Waals surface area contributed by atoms with E-state index in [9.17, 15) is 0 Å². The van der Waals surface area contributed by atoms with Gasteiger partial charge in [-0.25, -0.2) is 0 Å². The zero-order valence-electron chi connectivity index (χ0n) is 15.0. The van der Waals surface area contributed by atoms with Crippen molar-refractivity contribution in [3.8, 4) is 0 Å². The number of rotatable bonds is 4. The summed E-state index contributed by atoms with van der Waals surface area (Å²) in [6.07, 6.45) is 18.4. The van der Waals surface area contributed by atoms with E-state index < -0.39 is 0 Å². The Morgan fingerprint density at radius 1 is 1.21 bits per heavy atom. The summed E-state index contributed by atoms with van der Waals surface area (Å²) in [7, 11) is 0. The van der Waals surface area contributed by atoms with E-state index in [1.54, 1.807) is 12.1 Å². The maximum absolute atomic E-state index is 4.27. The number of halogens is 2. The van der Waals surface area contributed by atoms with Gasteiger partial charge in [-0.15, -0.1) is 0 Å². The fourth-order valence-electron chi connectivity index (χ4n) is 2.64. The van der Waals surface area contributed by atoms with E-state index in [1.165, 1.54) is 31.3 Å². The van der Waals surface area contributed by atoms with Crippen LogP contribution in [0, 0.1) is 0 Å². The largest absolute Gasteiger partial charge is 1.00 e. The third-order valence-corrected chi connectivity index (χ3v) is 6.54. The Kier molecular flexibility index (Phi) is 12.0. The first-order valence-electron chi connectivity index (χ1n) is 8.21. The van der Waals surface area contributed by atoms with Crippen LogP contribution in [-0.2, 0) is 22.8 Å². The second kappa shape index (κ2) is 12.1. The van der Waals surface area contributed by atoms with Gasteiger partial charge < -0.3 is 24.8 Å². The molecule has 129 valence electrons. The molecule has 3 rings (SSSR count). The van der Waals surface area contributed by atoms with E-state index in [0.29, 0.717) is 0 Å². The van der Waals surface area contributed by atoms with Crippen molar-refractivity contribution in [3.63, 3.8) is 0 Å². The van der Waals surface area contributed by atoms with Gasteiger partial charge in [0, 0.05) is 11.3 Å². The number of hydrogen-bond acceptors (Lipinski definition) is 1. The van der Waals surface area contributed by atoms with Gasteiger partial charge in [0.2, 0.25) is 0 Å². The summed E-state index contributed by atoms with van der Waals surface area (Å²) in [4.78, 5) is 4.27. The molecule has 0 spiro atoms. The molecule has 0 radical (unpaired) electrons. The van der Waals surface area contributed by atoms with Gasteiger partial charge in [-0.05, 0) is 19.1 Å². The van der Waals surface area contributed by atoms with Crippen LogP contribution in [0.25, 0.3) is 0 Å². The molecule has 1 aliphatic heterocycles. The molecule has 24 heavy (non-hydrogen) atoms. The minimum Gasteiger partial charge on any atom is -1.00 e. The second-order valence-corrected chi connectivity index (χ2v) is 10.8. The van der Waals surface area contributed by atoms with Gasteiger partial charge in [0.05, 0.1) is 5.70 Å². The maximum Gasteiger partial charge on any atom is -1.00 e. The van der Waals surface area contributed by atoms with Crippen molar-refractivity contribution in [2.75, 3.05) is 0 Å². The van der Waals surface area contributed by atoms with E-state index in [0.717, 1.165) is 11.4 Å². The quantitative estimate of drug-likeness (QED) is 0.559. The molecule has 0 unspecified atom stereocenters. The molecule has 0 bridgehead atoms. The molecule has 0 aromatic carbocycles. The van der Waals surface area contributed by atoms with Crippen molar-refractivity contribution in [3.05, 3.63) is 56.6 Å². The summed E-state index contributed by atoms with van der Waals surface area (Å²) in [5.41, 5.74) is 5.10. The Morgan fingerprint density at radius 2 is 1.96 bits per heavy atom. The van der Waals surface area contributed by atoms with Crippen LogP contribution in [0.2, 0.25) is 0 Å². The van der Waals surface area contributed by atoms with Gasteiger partial charge in [0.25, 0.3) is 0 Å². The smallest absolute Gasteiger partial charge is 1.00 e. The molecule has 3 aliphatic rings. The average Bonchev–Trinajstić information content (AvgIpc) is 3.12. The van der Waals surface area contributed by atoms with Gasteiger partial charge in [0.1, 0.15) is 0 Å². The van der Waals surface area contributed by atoms with Crippen molar-refractivity contribution < 1.29 is 47.6 Å². The Morgan fingerprint density at radius 3 is 2.58 bits per heavy atom. The van der Waals surface area contributed by atoms with Crippen LogP contribution in [0.15, 0.2) is 61.6 Å². The predicted octanol–water partition coefficient (Wildman–Crippen LogP) is -0.466. The molecule has 0 saturated heterocycles. The molecule has 1 heterocycles. The minimum atomic E-state index is -0.277. The molecule has 0 amide bonds. The first kappa shape index (κ1) is 23.7. The van der Waals surface area contributed by atoms with Crippen LogP contribution in [0.5, 0.6) is 0 Å². The molecule has 0 saturated carbocycles. The number of fused-ring (bicyclic) bond motifs is 1. The molecule has 2 aliphatic carbocycles. The van der Waals surface area contributed by atoms with Gasteiger partial charge in [-0.1, -0.05) is 12.2 Å². The summed E-state index contributed by atoms with van der Waals surface area (Å²) < 4.78 is 3.47. The third-order valence-electron chi connectivity index (χ3n) is 3.66. The predicted molar refractivity (Wildman–Crippen MR) is 95.1 cm³/mol. The Hall–Kier alpha value is -0.297. The van der Waals surface area contributed by atoms with Crippen LogP contribution in [0.1, 0.15) is 53.4 Å². The summed E-state index contributed by atoms with van der Waals surface area (Å²) in [5.74, 6) is 0. The van der Waals surface area contributed by atoms with Crippen molar-refractivity contribution in [2.45, 2.75) is 53.4 Å². The van der Waals surface area contributed by atoms with E-state index in [-0.39, 0.29) is 47.6 Å². The summed E-state index contributed by atoms with van der Waals surface area (Å²) in [5, 5.41) is 0. The van der Waals surface area contributed by atoms with E-state index in [1.807, 2.05) is 19.1 Å². The van der Waals surface area contributed by atoms with Gasteiger partial charge in [-0.3, -0.25) is 4.99 Å². The fourth-order valence-corrected chi connectivity index (χ4v) is 5.36. The molecular formula is C20H26Cl2NZr. The Bertz CT molecular complexity index is 643. The summed E-state index contributed by atoms with van der Waals surface area (Å²) in [6, 6.07) is 0. The number of allylic oxidation sites excluding steroid dienone is 8. The Balaban J connectivity index is 0.000000425. The molecule has 0 N–H and O–H groups in total. The van der Waals surface area contributed by atoms with Crippen LogP contribution >= 0.6 is 0 Å². The van der Waals surface area contributed by atoms with Crippen molar-refractivity contribution in [1.82, 2.24) is 0 Å². The molecule has 4 heteroatoms. The Labute approximate surface area is 170 Å². The maximum atomic E-state index is 4.27. The number of hydrogen-bond donors (Lipinski definition) is 0. The minimum absolute atomic E-state index is 0. The van der Waals surface area contributed by atoms with Crippen LogP contribution < -0.4 is 24.8 Å². The first-order valence-corrected chi connectivity index (χ1v) is 10.7. The van der Waals surface area contributed by atoms with Crippen molar-refractivity contribution in [1.29, 1.82) is 0 Å². The molecule has 1 nitrogen and oxygen atoms in total. The molecule has 0 aromatic heterocycles. The van der Waals surface area contributed by atoms with E-state index in [4.69, 9.17) is 0 Å². The van der Waals surface area contributed by atoms with E-state index >= 15 is 0 Å². The molecule has 0 atom stereocenters. The SMILES string of the molecule is CC1=NC2=CC=CC2=C1.CCCCC1=CC[C]([Zr+2]=[C](C)C)=C1.[Cl-].[Cl-]. The summed E-state index contributed by atoms with van der Waals surface area (Å²) in [6.45, 7) is 8.86. The third kappa shape index (κ3) is 7.72. The topological polar surface area (TPSA) is 12.4 Å². The van der Waals surface area contributed by atoms with Crippen LogP contribution in [-0.4, -0.2) is 8.92 Å². The van der Waals surface area contributed by atoms with Gasteiger partial charge in [-0.2, -0.15) is 0 Å². The van der Waals surface area contributed by atoms with Crippen molar-refractivity contribution in [2.24, 2.45) is 4.99 Å². The standard InChI is InChI=1S/C9H13.C8H7N.C3H6.2ClH.Zr/c1-2-3-6-9-7-4-5-8-9;1-6-5-7-3-2-4-8(7)9-6;1-3-2;;;/h7-8H,2-4,6H2,1H3;2-5H,1H3;1-2H3;2*1H;/q;;;;;+2/p-2. The normalized spacial score (nSPS) is 16.1. The monoisotopic (exact) mass is 440 g/mol. The van der Waals surface area contributed by atoms with Crippen LogP contribution in [0.4, 0.5) is 0 Å². The number of aliphatic imine (C=N–C) groups is 1. The zero-order chi connectivity index (χ0) is 15.9. The second-order valence-electron chi connectivity index (χ2n) is 6.15. The van der Waals surface area contributed by atoms with Crippen LogP contribution in [0.3, 0.4) is 0 Å². The first-order chi connectivity index (χ1) is 10.6. The number of unbranched alkanes of at least 4 members (excludes halogenated alkanes) is 1. The fraction of sp³-hybridized carbons (Fsp3) is 0.400. The number of nitrogens with zero attached hydrogens (tertiary/aromatic N) is 1. The zero-order valence-corrected chi connectivity index (χ0v) is 19.0. The van der Waals surface area contributed by atoms with E-state index in [2.05, 4.69) is 50.1 Å². The van der Waals surface area contributed by atoms with Gasteiger partial charge in [0.15, 0.2) is 0 Å².